The number of hydrogen-bond acceptors (Lipinski definition) is 10. The summed E-state index contributed by atoms with van der Waals surface area (Å²) in [5.74, 6) is -0.210. The van der Waals surface area contributed by atoms with Crippen molar-refractivity contribution in [2.24, 2.45) is 10.9 Å². The summed E-state index contributed by atoms with van der Waals surface area (Å²) < 4.78 is 15.0. The van der Waals surface area contributed by atoms with Crippen LogP contribution in [0.5, 0.6) is 0 Å². The van der Waals surface area contributed by atoms with Crippen molar-refractivity contribution >= 4 is 50.9 Å². The van der Waals surface area contributed by atoms with E-state index in [4.69, 9.17) is 17.3 Å². The van der Waals surface area contributed by atoms with Crippen molar-refractivity contribution < 1.29 is 14.6 Å². The van der Waals surface area contributed by atoms with Crippen molar-refractivity contribution in [1.29, 1.82) is 0 Å². The third-order valence-corrected chi connectivity index (χ3v) is 9.02. The van der Waals surface area contributed by atoms with E-state index in [1.165, 1.54) is 23.9 Å². The van der Waals surface area contributed by atoms with Gasteiger partial charge < -0.3 is 30.7 Å². The average molecular weight is 644 g/mol. The fraction of sp³-hybridized carbons (Fsp3) is 0.467. The Labute approximate surface area is 265 Å². The number of benzene rings is 1. The lowest BCUT2D eigenvalue weighted by molar-refractivity contribution is 0.00792. The molecule has 6 N–H and O–H groups in total. The molecule has 3 heterocycles. The van der Waals surface area contributed by atoms with Gasteiger partial charge in [0, 0.05) is 43.5 Å². The van der Waals surface area contributed by atoms with E-state index in [1.807, 2.05) is 30.1 Å². The highest BCUT2D eigenvalue weighted by atomic mass is 35.5. The molecule has 1 aliphatic carbocycles. The number of nitrogens with two attached hydrogens (primary N) is 1. The molecule has 1 aliphatic rings. The van der Waals surface area contributed by atoms with Gasteiger partial charge in [0.25, 0.3) is 0 Å². The van der Waals surface area contributed by atoms with E-state index in [9.17, 15) is 14.6 Å². The lowest BCUT2D eigenvalue weighted by atomic mass is 10.0. The Morgan fingerprint density at radius 2 is 2.05 bits per heavy atom. The number of hydrogen-bond donors (Lipinski definition) is 5. The number of anilines is 2. The lowest BCUT2D eigenvalue weighted by Crippen LogP contribution is -2.37. The first kappa shape index (κ1) is 32.2. The van der Waals surface area contributed by atoms with Gasteiger partial charge in [-0.05, 0) is 74.8 Å². The molecule has 0 saturated heterocycles. The molecule has 5 rings (SSSR count). The number of aliphatic imine (C=N–C) groups is 1. The molecular formula is C30H39ClFN9O2S. The van der Waals surface area contributed by atoms with Crippen LogP contribution in [-0.2, 0) is 6.42 Å². The maximum Gasteiger partial charge on any atom is 0.226 e. The number of fused-ring (bicyclic) bond motifs is 1. The number of H-pyrrole nitrogens is 1. The zero-order chi connectivity index (χ0) is 31.2. The van der Waals surface area contributed by atoms with Gasteiger partial charge in [0.15, 0.2) is 0 Å². The summed E-state index contributed by atoms with van der Waals surface area (Å²) in [4.78, 5) is 15.5. The number of thioether (sulfide) groups is 1. The summed E-state index contributed by atoms with van der Waals surface area (Å²) in [5.41, 5.74) is 9.61. The van der Waals surface area contributed by atoms with Gasteiger partial charge in [0.05, 0.1) is 34.5 Å². The van der Waals surface area contributed by atoms with Crippen LogP contribution in [0.15, 0.2) is 47.8 Å². The Balaban J connectivity index is 1.28. The average Bonchev–Trinajstić information content (AvgIpc) is 3.73. The molecule has 236 valence electrons. The highest BCUT2D eigenvalue weighted by Crippen LogP contribution is 2.40. The number of rotatable bonds is 13. The van der Waals surface area contributed by atoms with Crippen molar-refractivity contribution in [2.75, 3.05) is 49.6 Å². The fourth-order valence-corrected chi connectivity index (χ4v) is 6.76. The maximum atomic E-state index is 13.1. The van der Waals surface area contributed by atoms with Gasteiger partial charge in [-0.1, -0.05) is 12.1 Å². The number of aliphatic hydroxyl groups is 2. The topological polar surface area (TPSA) is 154 Å². The summed E-state index contributed by atoms with van der Waals surface area (Å²) in [7, 11) is 0. The number of nitrogens with zero attached hydrogens (tertiary/aromatic N) is 6. The Morgan fingerprint density at radius 1 is 1.25 bits per heavy atom. The Hall–Kier alpha value is -3.23. The third kappa shape index (κ3) is 7.18. The van der Waals surface area contributed by atoms with Crippen LogP contribution in [0.4, 0.5) is 15.9 Å². The molecule has 1 unspecified atom stereocenters. The SMILES string of the molecule is CC/N=C(\SC)c1cn([C@@H]2CC(CN(CCCNCCc3ccc(F)cc3)c3cn[nH]c3)[C@@H](O)[C@H]2O)c2nc(Cl)nc(N)c12. The van der Waals surface area contributed by atoms with Crippen LogP contribution in [-0.4, -0.2) is 91.2 Å². The molecule has 0 spiro atoms. The number of halogens is 2. The minimum Gasteiger partial charge on any atom is -0.390 e. The van der Waals surface area contributed by atoms with E-state index in [1.54, 1.807) is 18.3 Å². The fourth-order valence-electron chi connectivity index (χ4n) is 5.95. The van der Waals surface area contributed by atoms with Crippen LogP contribution in [0.3, 0.4) is 0 Å². The van der Waals surface area contributed by atoms with Crippen molar-refractivity contribution in [1.82, 2.24) is 30.0 Å². The first-order valence-electron chi connectivity index (χ1n) is 14.8. The minimum atomic E-state index is -1.03. The molecule has 0 amide bonds. The van der Waals surface area contributed by atoms with E-state index in [2.05, 4.69) is 35.4 Å². The monoisotopic (exact) mass is 643 g/mol. The molecular weight excluding hydrogens is 605 g/mol. The molecule has 44 heavy (non-hydrogen) atoms. The zero-order valence-electron chi connectivity index (χ0n) is 24.8. The number of nitrogen functional groups attached to an aromatic ring is 1. The van der Waals surface area contributed by atoms with Crippen molar-refractivity contribution in [3.8, 4) is 0 Å². The first-order valence-corrected chi connectivity index (χ1v) is 16.4. The van der Waals surface area contributed by atoms with Gasteiger partial charge in [-0.25, -0.2) is 9.37 Å². The molecule has 11 nitrogen and oxygen atoms in total. The standard InChI is InChI=1S/C30H39ClFN9O2S/c1-3-35-29(44-2)22-17-41(28-24(22)27(33)38-30(31)39-28)23-13-19(25(42)26(23)43)16-40(21-14-36-37-15-21)12-4-10-34-11-9-18-5-7-20(32)8-6-18/h5-8,14-15,17,19,23,25-26,34,42-43H,3-4,9-13,16H2,1-2H3,(H,36,37)(H2,33,38,39)/b35-29-/t19?,23-,25-,26+/m1/s1. The van der Waals surface area contributed by atoms with E-state index in [0.717, 1.165) is 54.3 Å². The summed E-state index contributed by atoms with van der Waals surface area (Å²) in [6.07, 6.45) is 7.64. The van der Waals surface area contributed by atoms with Crippen molar-refractivity contribution in [3.05, 3.63) is 65.1 Å². The molecule has 4 atom stereocenters. The van der Waals surface area contributed by atoms with E-state index >= 15 is 0 Å². The number of aliphatic hydroxyl groups excluding tert-OH is 2. The van der Waals surface area contributed by atoms with Gasteiger partial charge in [-0.3, -0.25) is 10.1 Å². The van der Waals surface area contributed by atoms with Crippen LogP contribution in [0.2, 0.25) is 5.28 Å². The van der Waals surface area contributed by atoms with Crippen LogP contribution in [0, 0.1) is 11.7 Å². The Bertz CT molecular complexity index is 1550. The molecule has 4 aromatic rings. The van der Waals surface area contributed by atoms with Gasteiger partial charge in [0.2, 0.25) is 5.28 Å². The van der Waals surface area contributed by atoms with Gasteiger partial charge in [-0.15, -0.1) is 11.8 Å². The second kappa shape index (κ2) is 14.7. The molecule has 0 aliphatic heterocycles. The summed E-state index contributed by atoms with van der Waals surface area (Å²) >= 11 is 7.72. The highest BCUT2D eigenvalue weighted by molar-refractivity contribution is 8.13. The van der Waals surface area contributed by atoms with Crippen LogP contribution in [0.1, 0.15) is 36.9 Å². The second-order valence-corrected chi connectivity index (χ2v) is 12.1. The lowest BCUT2D eigenvalue weighted by Gasteiger charge is -2.28. The van der Waals surface area contributed by atoms with Crippen molar-refractivity contribution in [3.63, 3.8) is 0 Å². The first-order chi connectivity index (χ1) is 21.3. The van der Waals surface area contributed by atoms with Crippen LogP contribution >= 0.6 is 23.4 Å². The van der Waals surface area contributed by atoms with Crippen LogP contribution in [0.25, 0.3) is 11.0 Å². The van der Waals surface area contributed by atoms with Crippen molar-refractivity contribution in [2.45, 2.75) is 44.4 Å². The normalized spacial score (nSPS) is 20.5. The molecule has 1 aromatic carbocycles. The maximum absolute atomic E-state index is 13.1. The number of aromatic amines is 1. The molecule has 14 heteroatoms. The highest BCUT2D eigenvalue weighted by Gasteiger charge is 2.44. The van der Waals surface area contributed by atoms with E-state index in [0.29, 0.717) is 30.5 Å². The van der Waals surface area contributed by atoms with Gasteiger partial charge in [0.1, 0.15) is 23.4 Å². The largest absolute Gasteiger partial charge is 0.390 e. The predicted octanol–water partition coefficient (Wildman–Crippen LogP) is 3.67. The summed E-state index contributed by atoms with van der Waals surface area (Å²) in [6, 6.07) is 6.12. The number of aromatic nitrogens is 5. The quantitative estimate of drug-likeness (QED) is 0.0636. The third-order valence-electron chi connectivity index (χ3n) is 8.12. The summed E-state index contributed by atoms with van der Waals surface area (Å²) in [5, 5.41) is 34.5. The smallest absolute Gasteiger partial charge is 0.226 e. The van der Waals surface area contributed by atoms with Gasteiger partial charge >= 0.3 is 0 Å². The Kier molecular flexibility index (Phi) is 10.7. The minimum absolute atomic E-state index is 0.0148. The molecule has 1 fully saturated rings. The molecule has 1 saturated carbocycles. The van der Waals surface area contributed by atoms with E-state index < -0.39 is 18.2 Å². The Morgan fingerprint density at radius 3 is 2.75 bits per heavy atom. The molecule has 0 bridgehead atoms. The molecule has 3 aromatic heterocycles. The van der Waals surface area contributed by atoms with E-state index in [-0.39, 0.29) is 22.8 Å². The van der Waals surface area contributed by atoms with Crippen LogP contribution < -0.4 is 16.0 Å². The molecule has 0 radical (unpaired) electrons. The van der Waals surface area contributed by atoms with Gasteiger partial charge in [-0.2, -0.15) is 10.1 Å². The predicted molar refractivity (Wildman–Crippen MR) is 175 cm³/mol. The zero-order valence-corrected chi connectivity index (χ0v) is 26.4. The second-order valence-electron chi connectivity index (χ2n) is 10.9. The summed E-state index contributed by atoms with van der Waals surface area (Å²) in [6.45, 7) is 5.40. The number of nitrogens with one attached hydrogen (secondary N) is 2.